The molecule has 2 atom stereocenters. The van der Waals surface area contributed by atoms with Gasteiger partial charge in [-0.1, -0.05) is 6.07 Å². The number of hydrogen-bond acceptors (Lipinski definition) is 4. The van der Waals surface area contributed by atoms with E-state index in [0.717, 1.165) is 13.0 Å². The molecule has 2 rings (SSSR count). The predicted molar refractivity (Wildman–Crippen MR) is 58.8 cm³/mol. The van der Waals surface area contributed by atoms with Crippen LogP contribution in [0.2, 0.25) is 0 Å². The Hall–Kier alpha value is -1.13. The third kappa shape index (κ3) is 1.96. The van der Waals surface area contributed by atoms with Crippen LogP contribution in [0.5, 0.6) is 5.88 Å². The molecule has 2 heterocycles. The largest absolute Gasteiger partial charge is 0.481 e. The van der Waals surface area contributed by atoms with Crippen LogP contribution in [0.3, 0.4) is 0 Å². The number of likely N-dealkylation sites (N-methyl/N-ethyl adjacent to an activating group) is 1. The predicted octanol–water partition coefficient (Wildman–Crippen LogP) is 0.794. The third-order valence-corrected chi connectivity index (χ3v) is 3.01. The van der Waals surface area contributed by atoms with E-state index in [2.05, 4.69) is 16.9 Å². The van der Waals surface area contributed by atoms with Crippen molar-refractivity contribution in [3.8, 4) is 5.88 Å². The lowest BCUT2D eigenvalue weighted by molar-refractivity contribution is 0.303. The van der Waals surface area contributed by atoms with Crippen molar-refractivity contribution in [2.45, 2.75) is 18.5 Å². The smallest absolute Gasteiger partial charge is 0.212 e. The molecule has 15 heavy (non-hydrogen) atoms. The zero-order chi connectivity index (χ0) is 10.8. The number of hydrogen-bond donors (Lipinski definition) is 1. The fraction of sp³-hybridized carbons (Fsp3) is 0.545. The zero-order valence-corrected chi connectivity index (χ0v) is 9.18. The van der Waals surface area contributed by atoms with Gasteiger partial charge in [-0.15, -0.1) is 0 Å². The van der Waals surface area contributed by atoms with Crippen molar-refractivity contribution < 1.29 is 4.74 Å². The Morgan fingerprint density at radius 1 is 1.53 bits per heavy atom. The summed E-state index contributed by atoms with van der Waals surface area (Å²) in [5, 5.41) is 0. The second kappa shape index (κ2) is 4.16. The van der Waals surface area contributed by atoms with Crippen molar-refractivity contribution in [1.82, 2.24) is 9.88 Å². The average Bonchev–Trinajstić information content (AvgIpc) is 2.59. The van der Waals surface area contributed by atoms with Gasteiger partial charge >= 0.3 is 0 Å². The van der Waals surface area contributed by atoms with Crippen molar-refractivity contribution >= 4 is 0 Å². The van der Waals surface area contributed by atoms with Crippen LogP contribution in [-0.4, -0.2) is 36.6 Å². The maximum absolute atomic E-state index is 6.07. The maximum Gasteiger partial charge on any atom is 0.212 e. The van der Waals surface area contributed by atoms with Gasteiger partial charge in [-0.05, 0) is 19.0 Å². The molecule has 4 nitrogen and oxygen atoms in total. The first kappa shape index (κ1) is 10.4. The van der Waals surface area contributed by atoms with Crippen LogP contribution >= 0.6 is 0 Å². The minimum Gasteiger partial charge on any atom is -0.481 e. The van der Waals surface area contributed by atoms with Gasteiger partial charge < -0.3 is 10.5 Å². The number of likely N-dealkylation sites (tertiary alicyclic amines) is 1. The Balaban J connectivity index is 2.21. The van der Waals surface area contributed by atoms with Gasteiger partial charge in [0.05, 0.1) is 13.2 Å². The fourth-order valence-electron chi connectivity index (χ4n) is 2.17. The van der Waals surface area contributed by atoms with Gasteiger partial charge in [0.2, 0.25) is 5.88 Å². The number of ether oxygens (including phenoxy) is 1. The first-order chi connectivity index (χ1) is 7.22. The number of pyridine rings is 1. The number of nitrogens with zero attached hydrogens (tertiary/aromatic N) is 2. The van der Waals surface area contributed by atoms with E-state index in [-0.39, 0.29) is 6.04 Å². The molecule has 2 unspecified atom stereocenters. The van der Waals surface area contributed by atoms with Crippen LogP contribution in [-0.2, 0) is 0 Å². The van der Waals surface area contributed by atoms with E-state index in [0.29, 0.717) is 11.9 Å². The van der Waals surface area contributed by atoms with E-state index in [1.165, 1.54) is 5.56 Å². The molecule has 2 N–H and O–H groups in total. The van der Waals surface area contributed by atoms with Crippen LogP contribution in [0.4, 0.5) is 0 Å². The highest BCUT2D eigenvalue weighted by molar-refractivity contribution is 5.23. The lowest BCUT2D eigenvalue weighted by Gasteiger charge is -2.22. The summed E-state index contributed by atoms with van der Waals surface area (Å²) in [5.74, 6) is 0.646. The SMILES string of the molecule is COc1ccc(C2C(N)CCN2C)cn1. The Labute approximate surface area is 90.0 Å². The first-order valence-electron chi connectivity index (χ1n) is 5.18. The monoisotopic (exact) mass is 207 g/mol. The molecule has 0 aliphatic carbocycles. The highest BCUT2D eigenvalue weighted by Gasteiger charge is 2.30. The molecule has 0 aromatic carbocycles. The molecule has 0 spiro atoms. The number of methoxy groups -OCH3 is 1. The van der Waals surface area contributed by atoms with Gasteiger partial charge in [0.15, 0.2) is 0 Å². The minimum atomic E-state index is 0.213. The molecule has 0 amide bonds. The molecule has 1 saturated heterocycles. The molecule has 0 bridgehead atoms. The molecule has 1 aromatic heterocycles. The molecule has 1 aromatic rings. The van der Waals surface area contributed by atoms with Crippen LogP contribution in [0.25, 0.3) is 0 Å². The lowest BCUT2D eigenvalue weighted by atomic mass is 10.0. The van der Waals surface area contributed by atoms with Crippen molar-refractivity contribution in [3.05, 3.63) is 23.9 Å². The highest BCUT2D eigenvalue weighted by Crippen LogP contribution is 2.29. The Bertz CT molecular complexity index is 315. The molecule has 82 valence electrons. The van der Waals surface area contributed by atoms with Gasteiger partial charge in [-0.25, -0.2) is 4.98 Å². The van der Waals surface area contributed by atoms with Gasteiger partial charge in [-0.2, -0.15) is 0 Å². The second-order valence-corrected chi connectivity index (χ2v) is 4.01. The summed E-state index contributed by atoms with van der Waals surface area (Å²) in [6.45, 7) is 1.05. The van der Waals surface area contributed by atoms with Gasteiger partial charge in [0.1, 0.15) is 0 Å². The van der Waals surface area contributed by atoms with Crippen LogP contribution in [0.1, 0.15) is 18.0 Å². The van der Waals surface area contributed by atoms with Gasteiger partial charge in [-0.3, -0.25) is 4.90 Å². The molecule has 1 aliphatic rings. The topological polar surface area (TPSA) is 51.4 Å². The van der Waals surface area contributed by atoms with Crippen molar-refractivity contribution in [2.24, 2.45) is 5.73 Å². The Kier molecular flexibility index (Phi) is 2.88. The van der Waals surface area contributed by atoms with E-state index in [1.807, 2.05) is 18.3 Å². The van der Waals surface area contributed by atoms with Crippen LogP contribution in [0.15, 0.2) is 18.3 Å². The van der Waals surface area contributed by atoms with E-state index < -0.39 is 0 Å². The van der Waals surface area contributed by atoms with E-state index >= 15 is 0 Å². The number of nitrogens with two attached hydrogens (primary N) is 1. The molecule has 0 radical (unpaired) electrons. The molecule has 1 fully saturated rings. The Morgan fingerprint density at radius 2 is 2.33 bits per heavy atom. The Morgan fingerprint density at radius 3 is 2.80 bits per heavy atom. The van der Waals surface area contributed by atoms with Crippen molar-refractivity contribution in [3.63, 3.8) is 0 Å². The minimum absolute atomic E-state index is 0.213. The summed E-state index contributed by atoms with van der Waals surface area (Å²) in [6.07, 6.45) is 2.90. The van der Waals surface area contributed by atoms with Crippen molar-refractivity contribution in [1.29, 1.82) is 0 Å². The standard InChI is InChI=1S/C11H17N3O/c1-14-6-5-9(12)11(14)8-3-4-10(15-2)13-7-8/h3-4,7,9,11H,5-6,12H2,1-2H3. The zero-order valence-electron chi connectivity index (χ0n) is 9.18. The first-order valence-corrected chi connectivity index (χ1v) is 5.18. The summed E-state index contributed by atoms with van der Waals surface area (Å²) in [5.41, 5.74) is 7.24. The molecule has 4 heteroatoms. The van der Waals surface area contributed by atoms with E-state index in [9.17, 15) is 0 Å². The maximum atomic E-state index is 6.07. The molecule has 1 aliphatic heterocycles. The molecular formula is C11H17N3O. The summed E-state index contributed by atoms with van der Waals surface area (Å²) >= 11 is 0. The van der Waals surface area contributed by atoms with E-state index in [4.69, 9.17) is 10.5 Å². The summed E-state index contributed by atoms with van der Waals surface area (Å²) in [6, 6.07) is 4.43. The fourth-order valence-corrected chi connectivity index (χ4v) is 2.17. The molecular weight excluding hydrogens is 190 g/mol. The third-order valence-electron chi connectivity index (χ3n) is 3.01. The molecule has 0 saturated carbocycles. The summed E-state index contributed by atoms with van der Waals surface area (Å²) < 4.78 is 5.03. The summed E-state index contributed by atoms with van der Waals surface area (Å²) in [4.78, 5) is 6.48. The van der Waals surface area contributed by atoms with Crippen LogP contribution < -0.4 is 10.5 Å². The normalized spacial score (nSPS) is 26.9. The lowest BCUT2D eigenvalue weighted by Crippen LogP contribution is -2.29. The summed E-state index contributed by atoms with van der Waals surface area (Å²) in [7, 11) is 3.72. The van der Waals surface area contributed by atoms with Crippen molar-refractivity contribution in [2.75, 3.05) is 20.7 Å². The quantitative estimate of drug-likeness (QED) is 0.779. The number of rotatable bonds is 2. The van der Waals surface area contributed by atoms with Gasteiger partial charge in [0, 0.05) is 24.8 Å². The second-order valence-electron chi connectivity index (χ2n) is 4.01. The van der Waals surface area contributed by atoms with E-state index in [1.54, 1.807) is 7.11 Å². The van der Waals surface area contributed by atoms with Gasteiger partial charge in [0.25, 0.3) is 0 Å². The average molecular weight is 207 g/mol. The van der Waals surface area contributed by atoms with Crippen LogP contribution in [0, 0.1) is 0 Å². The number of aromatic nitrogens is 1. The highest BCUT2D eigenvalue weighted by atomic mass is 16.5.